The summed E-state index contributed by atoms with van der Waals surface area (Å²) in [4.78, 5) is 0. The minimum atomic E-state index is -0.409. The van der Waals surface area contributed by atoms with Gasteiger partial charge in [0.2, 0.25) is 0 Å². The van der Waals surface area contributed by atoms with E-state index in [0.29, 0.717) is 0 Å². The van der Waals surface area contributed by atoms with Crippen LogP contribution in [0.25, 0.3) is 43.1 Å². The third-order valence-electron chi connectivity index (χ3n) is 17.3. The number of benzene rings is 8. The van der Waals surface area contributed by atoms with Gasteiger partial charge in [-0.2, -0.15) is 0 Å². The Morgan fingerprint density at radius 1 is 0.311 bits per heavy atom. The summed E-state index contributed by atoms with van der Waals surface area (Å²) in [7, 11) is -0.757. The van der Waals surface area contributed by atoms with Crippen molar-refractivity contribution in [1.82, 2.24) is 0 Å². The highest BCUT2D eigenvalue weighted by molar-refractivity contribution is 6.84. The van der Waals surface area contributed by atoms with E-state index < -0.39 is 22.4 Å². The van der Waals surface area contributed by atoms with Crippen molar-refractivity contribution in [3.63, 3.8) is 0 Å². The first-order chi connectivity index (χ1) is 35.6. The van der Waals surface area contributed by atoms with Crippen LogP contribution in [0.2, 0.25) is 24.1 Å². The van der Waals surface area contributed by atoms with E-state index in [4.69, 9.17) is 18.6 Å². The fourth-order valence-corrected chi connectivity index (χ4v) is 12.0. The molecule has 18 heteroatoms. The van der Waals surface area contributed by atoms with Gasteiger partial charge >= 0.3 is 42.2 Å². The molecule has 8 aromatic carbocycles. The van der Waals surface area contributed by atoms with Crippen LogP contribution in [0.15, 0.2) is 146 Å². The Kier molecular flexibility index (Phi) is 11.2. The molecule has 0 unspecified atom stereocenters. The lowest BCUT2D eigenvalue weighted by atomic mass is 9.39. The van der Waals surface area contributed by atoms with Gasteiger partial charge in [-0.15, -0.1) is 0 Å². The highest BCUT2D eigenvalue weighted by atomic mass is 16.7. The third-order valence-corrected chi connectivity index (χ3v) is 17.3. The molecule has 2 atom stereocenters. The monoisotopic (exact) mass is 977 g/mol. The van der Waals surface area contributed by atoms with Crippen molar-refractivity contribution in [3.05, 3.63) is 146 Å². The fraction of sp³-hybridized carbons (Fsp3) is 0.286. The zero-order valence-corrected chi connectivity index (χ0v) is 43.5. The van der Waals surface area contributed by atoms with Crippen LogP contribution in [0.3, 0.4) is 0 Å². The van der Waals surface area contributed by atoms with Crippen molar-refractivity contribution in [1.29, 1.82) is 0 Å². The average molecular weight is 976 g/mol. The molecule has 6 aliphatic rings. The lowest BCUT2D eigenvalue weighted by molar-refractivity contribution is 0.00578. The van der Waals surface area contributed by atoms with E-state index >= 15 is 0 Å². The molecular formula is C56H62B6N8O4. The third kappa shape index (κ3) is 8.07. The Hall–Kier alpha value is -6.57. The van der Waals surface area contributed by atoms with Gasteiger partial charge in [0.15, 0.2) is 0 Å². The van der Waals surface area contributed by atoms with E-state index in [-0.39, 0.29) is 53.6 Å². The first-order valence-corrected chi connectivity index (χ1v) is 26.5. The molecule has 8 aromatic rings. The predicted octanol–water partition coefficient (Wildman–Crippen LogP) is 12.7. The van der Waals surface area contributed by atoms with Gasteiger partial charge in [-0.3, -0.25) is 0 Å². The van der Waals surface area contributed by atoms with Crippen LogP contribution >= 0.6 is 0 Å². The minimum Gasteiger partial charge on any atom is -0.409 e. The Balaban J connectivity index is 0.000000143. The standard InChI is InChI=1S/2C28H31B3N4O2/c2*1-27(2)28(3,4)37-31(36-27)24(30-34-22-15-7-11-19-12-8-16-23(35-30)26(19)22)17-29-32-20-13-5-9-18-10-6-14-21(33-29)25(18)20/h2*5-16,24,32-35H,17H2,1-4H3/t2*24-/m00/s1. The largest absolute Gasteiger partial charge is 0.457 e. The van der Waals surface area contributed by atoms with Crippen LogP contribution in [0.5, 0.6) is 0 Å². The van der Waals surface area contributed by atoms with Crippen LogP contribution in [0, 0.1) is 0 Å². The van der Waals surface area contributed by atoms with Crippen LogP contribution in [-0.2, 0) is 18.6 Å². The molecular weight excluding hydrogens is 914 g/mol. The smallest absolute Gasteiger partial charge is 0.409 e. The second-order valence-electron chi connectivity index (χ2n) is 23.1. The van der Waals surface area contributed by atoms with Gasteiger partial charge in [0, 0.05) is 78.5 Å². The van der Waals surface area contributed by atoms with Gasteiger partial charge in [0.05, 0.1) is 22.4 Å². The maximum absolute atomic E-state index is 6.65. The maximum Gasteiger partial charge on any atom is 0.457 e. The summed E-state index contributed by atoms with van der Waals surface area (Å²) in [6.45, 7) is 16.8. The molecule has 6 heterocycles. The number of hydrogen-bond donors (Lipinski definition) is 8. The van der Waals surface area contributed by atoms with E-state index in [0.717, 1.165) is 58.1 Å². The van der Waals surface area contributed by atoms with Crippen LogP contribution in [0.1, 0.15) is 55.4 Å². The molecule has 8 N–H and O–H groups in total. The van der Waals surface area contributed by atoms with Crippen LogP contribution < -0.4 is 41.8 Å². The Morgan fingerprint density at radius 3 is 0.730 bits per heavy atom. The molecule has 0 aliphatic carbocycles. The molecule has 0 spiro atoms. The molecule has 0 saturated carbocycles. The second kappa shape index (κ2) is 17.5. The van der Waals surface area contributed by atoms with E-state index in [1.807, 2.05) is 0 Å². The first-order valence-electron chi connectivity index (χ1n) is 26.5. The van der Waals surface area contributed by atoms with Crippen molar-refractivity contribution < 1.29 is 18.6 Å². The Bertz CT molecular complexity index is 3090. The lowest BCUT2D eigenvalue weighted by Crippen LogP contribution is -2.51. The van der Waals surface area contributed by atoms with Gasteiger partial charge in [-0.25, -0.2) is 0 Å². The second-order valence-corrected chi connectivity index (χ2v) is 23.1. The lowest BCUT2D eigenvalue weighted by Gasteiger charge is -2.35. The minimum absolute atomic E-state index is 0.000808. The molecule has 0 radical (unpaired) electrons. The number of nitrogens with one attached hydrogen (secondary N) is 8. The zero-order chi connectivity index (χ0) is 50.7. The highest BCUT2D eigenvalue weighted by Crippen LogP contribution is 2.48. The molecule has 14 rings (SSSR count). The van der Waals surface area contributed by atoms with Crippen LogP contribution in [0.4, 0.5) is 45.5 Å². The summed E-state index contributed by atoms with van der Waals surface area (Å²) in [6.07, 6.45) is 1.56. The zero-order valence-electron chi connectivity index (χ0n) is 43.5. The summed E-state index contributed by atoms with van der Waals surface area (Å²) >= 11 is 0. The summed E-state index contributed by atoms with van der Waals surface area (Å²) in [5, 5.41) is 40.0. The van der Waals surface area contributed by atoms with Crippen molar-refractivity contribution in [2.75, 3.05) is 41.8 Å². The SMILES string of the molecule is CC1(C)OB([C@@H](CB2Nc3cccc4cccc(c34)N2)B2Nc3cccc4cccc(c34)N2)OC1(C)C.CC1(C)OB([C@@H](CB2Nc3cccc4cccc(c34)N2)B2Nc3cccc4cccc(c34)N2)OC1(C)C. The van der Waals surface area contributed by atoms with Crippen molar-refractivity contribution >= 4 is 131 Å². The van der Waals surface area contributed by atoms with Crippen molar-refractivity contribution in [3.8, 4) is 0 Å². The Labute approximate surface area is 436 Å². The van der Waals surface area contributed by atoms with Gasteiger partial charge in [0.1, 0.15) is 0 Å². The normalized spacial score (nSPS) is 19.7. The fourth-order valence-electron chi connectivity index (χ4n) is 12.0. The summed E-state index contributed by atoms with van der Waals surface area (Å²) in [5.74, 6) is 0. The van der Waals surface area contributed by atoms with E-state index in [2.05, 4.69) is 243 Å². The maximum atomic E-state index is 6.65. The summed E-state index contributed by atoms with van der Waals surface area (Å²) < 4.78 is 26.6. The molecule has 2 fully saturated rings. The molecule has 0 amide bonds. The summed E-state index contributed by atoms with van der Waals surface area (Å²) in [6, 6.07) is 51.5. The van der Waals surface area contributed by atoms with Crippen molar-refractivity contribution in [2.45, 2.75) is 102 Å². The molecule has 368 valence electrons. The van der Waals surface area contributed by atoms with E-state index in [1.54, 1.807) is 0 Å². The number of hydrogen-bond acceptors (Lipinski definition) is 12. The topological polar surface area (TPSA) is 133 Å². The molecule has 74 heavy (non-hydrogen) atoms. The van der Waals surface area contributed by atoms with Gasteiger partial charge < -0.3 is 60.4 Å². The first kappa shape index (κ1) is 47.2. The summed E-state index contributed by atoms with van der Waals surface area (Å²) in [5.41, 5.74) is 7.54. The van der Waals surface area contributed by atoms with Crippen molar-refractivity contribution in [2.24, 2.45) is 0 Å². The molecule has 0 bridgehead atoms. The van der Waals surface area contributed by atoms with E-state index in [1.165, 1.54) is 43.1 Å². The Morgan fingerprint density at radius 2 is 0.514 bits per heavy atom. The number of rotatable bonds is 8. The highest BCUT2D eigenvalue weighted by Gasteiger charge is 2.59. The molecule has 0 aromatic heterocycles. The molecule has 6 aliphatic heterocycles. The molecule has 2 saturated heterocycles. The van der Waals surface area contributed by atoms with E-state index in [9.17, 15) is 0 Å². The van der Waals surface area contributed by atoms with Gasteiger partial charge in [-0.1, -0.05) is 97.1 Å². The predicted molar refractivity (Wildman–Crippen MR) is 317 cm³/mol. The average Bonchev–Trinajstić information content (AvgIpc) is 3.74. The van der Waals surface area contributed by atoms with Crippen LogP contribution in [-0.4, -0.2) is 64.6 Å². The van der Waals surface area contributed by atoms with Gasteiger partial charge in [0.25, 0.3) is 0 Å². The van der Waals surface area contributed by atoms with Gasteiger partial charge in [-0.05, 0) is 138 Å². The molecule has 12 nitrogen and oxygen atoms in total. The quantitative estimate of drug-likeness (QED) is 0.0690. The number of anilines is 8.